The van der Waals surface area contributed by atoms with Crippen LogP contribution in [0, 0.1) is 0 Å². The van der Waals surface area contributed by atoms with E-state index in [9.17, 15) is 4.79 Å². The number of hydrogen-bond acceptors (Lipinski definition) is 2. The molecule has 3 N–H and O–H groups in total. The van der Waals surface area contributed by atoms with Crippen molar-refractivity contribution in [1.29, 1.82) is 0 Å². The predicted molar refractivity (Wildman–Crippen MR) is 113 cm³/mol. The fraction of sp³-hybridized carbons (Fsp3) is 0.348. The van der Waals surface area contributed by atoms with Crippen LogP contribution in [0.15, 0.2) is 54.7 Å². The predicted octanol–water partition coefficient (Wildman–Crippen LogP) is 4.63. The molecule has 0 spiro atoms. The van der Waals surface area contributed by atoms with E-state index in [2.05, 4.69) is 72.8 Å². The number of nitrogens with one attached hydrogen (secondary N) is 3. The molecule has 4 heteroatoms. The van der Waals surface area contributed by atoms with Gasteiger partial charge in [-0.25, -0.2) is 0 Å². The summed E-state index contributed by atoms with van der Waals surface area (Å²) >= 11 is 0. The highest BCUT2D eigenvalue weighted by Gasteiger charge is 2.12. The van der Waals surface area contributed by atoms with E-state index in [0.717, 1.165) is 17.6 Å². The summed E-state index contributed by atoms with van der Waals surface area (Å²) in [4.78, 5) is 15.3. The molecular formula is C23H29N3O. The molecule has 4 nitrogen and oxygen atoms in total. The fourth-order valence-electron chi connectivity index (χ4n) is 3.17. The van der Waals surface area contributed by atoms with Gasteiger partial charge in [0.05, 0.1) is 0 Å². The lowest BCUT2D eigenvalue weighted by atomic mass is 9.87. The minimum Gasteiger partial charge on any atom is -0.385 e. The molecule has 142 valence electrons. The van der Waals surface area contributed by atoms with Gasteiger partial charge in [0, 0.05) is 42.3 Å². The second-order valence-electron chi connectivity index (χ2n) is 7.96. The molecule has 0 aliphatic heterocycles. The first-order valence-corrected chi connectivity index (χ1v) is 9.59. The number of fused-ring (bicyclic) bond motifs is 1. The molecule has 0 unspecified atom stereocenters. The molecular weight excluding hydrogens is 334 g/mol. The summed E-state index contributed by atoms with van der Waals surface area (Å²) in [6, 6.07) is 16.7. The van der Waals surface area contributed by atoms with Gasteiger partial charge in [0.25, 0.3) is 0 Å². The third-order valence-electron chi connectivity index (χ3n) is 4.82. The first-order chi connectivity index (χ1) is 12.9. The summed E-state index contributed by atoms with van der Waals surface area (Å²) < 4.78 is 0. The summed E-state index contributed by atoms with van der Waals surface area (Å²) in [7, 11) is 0. The maximum Gasteiger partial charge on any atom is 0.221 e. The van der Waals surface area contributed by atoms with Gasteiger partial charge < -0.3 is 15.6 Å². The van der Waals surface area contributed by atoms with Gasteiger partial charge in [0.1, 0.15) is 0 Å². The van der Waals surface area contributed by atoms with Crippen molar-refractivity contribution in [2.45, 2.75) is 39.0 Å². The Kier molecular flexibility index (Phi) is 5.84. The van der Waals surface area contributed by atoms with Crippen molar-refractivity contribution in [3.8, 4) is 0 Å². The number of para-hydroxylation sites is 1. The first-order valence-electron chi connectivity index (χ1n) is 9.59. The number of benzene rings is 2. The number of aromatic amines is 1. The van der Waals surface area contributed by atoms with Gasteiger partial charge in [-0.05, 0) is 41.2 Å². The Bertz CT molecular complexity index is 888. The molecule has 3 aromatic rings. The van der Waals surface area contributed by atoms with E-state index < -0.39 is 0 Å². The minimum absolute atomic E-state index is 0.0775. The molecule has 1 amide bonds. The van der Waals surface area contributed by atoms with Crippen molar-refractivity contribution in [3.05, 3.63) is 65.9 Å². The van der Waals surface area contributed by atoms with E-state index >= 15 is 0 Å². The standard InChI is InChI=1S/C23H29N3O/c1-23(2,3)18-8-10-19(11-9-18)24-15-13-22(27)25-14-12-17-16-26-21-7-5-4-6-20(17)21/h4-11,16,24,26H,12-15H2,1-3H3,(H,25,27). The van der Waals surface area contributed by atoms with Gasteiger partial charge in [0.15, 0.2) is 0 Å². The highest BCUT2D eigenvalue weighted by Crippen LogP contribution is 2.23. The van der Waals surface area contributed by atoms with Crippen molar-refractivity contribution in [1.82, 2.24) is 10.3 Å². The Balaban J connectivity index is 1.38. The maximum absolute atomic E-state index is 12.1. The van der Waals surface area contributed by atoms with Crippen molar-refractivity contribution in [2.24, 2.45) is 0 Å². The molecule has 0 bridgehead atoms. The van der Waals surface area contributed by atoms with Crippen molar-refractivity contribution >= 4 is 22.5 Å². The first kappa shape index (κ1) is 19.0. The van der Waals surface area contributed by atoms with Gasteiger partial charge in [-0.2, -0.15) is 0 Å². The Hall–Kier alpha value is -2.75. The number of carbonyl (C=O) groups excluding carboxylic acids is 1. The van der Waals surface area contributed by atoms with Crippen LogP contribution in [0.3, 0.4) is 0 Å². The molecule has 27 heavy (non-hydrogen) atoms. The highest BCUT2D eigenvalue weighted by atomic mass is 16.1. The number of aromatic nitrogens is 1. The zero-order valence-electron chi connectivity index (χ0n) is 16.4. The van der Waals surface area contributed by atoms with Crippen LogP contribution in [0.5, 0.6) is 0 Å². The van der Waals surface area contributed by atoms with Crippen molar-refractivity contribution in [3.63, 3.8) is 0 Å². The third-order valence-corrected chi connectivity index (χ3v) is 4.82. The van der Waals surface area contributed by atoms with Crippen LogP contribution >= 0.6 is 0 Å². The molecule has 0 atom stereocenters. The summed E-state index contributed by atoms with van der Waals surface area (Å²) in [6.45, 7) is 7.90. The number of amides is 1. The van der Waals surface area contributed by atoms with Crippen LogP contribution < -0.4 is 10.6 Å². The van der Waals surface area contributed by atoms with Gasteiger partial charge in [0.2, 0.25) is 5.91 Å². The number of hydrogen-bond donors (Lipinski definition) is 3. The normalized spacial score (nSPS) is 11.5. The van der Waals surface area contributed by atoms with Crippen LogP contribution in [0.1, 0.15) is 38.3 Å². The molecule has 0 saturated heterocycles. The maximum atomic E-state index is 12.1. The van der Waals surface area contributed by atoms with Gasteiger partial charge in [-0.3, -0.25) is 4.79 Å². The molecule has 1 aromatic heterocycles. The zero-order valence-corrected chi connectivity index (χ0v) is 16.4. The quantitative estimate of drug-likeness (QED) is 0.573. The smallest absolute Gasteiger partial charge is 0.221 e. The number of carbonyl (C=O) groups is 1. The summed E-state index contributed by atoms with van der Waals surface area (Å²) in [5.41, 5.74) is 4.89. The van der Waals surface area contributed by atoms with Crippen LogP contribution in [0.2, 0.25) is 0 Å². The lowest BCUT2D eigenvalue weighted by Gasteiger charge is -2.19. The Morgan fingerprint density at radius 2 is 1.74 bits per heavy atom. The number of rotatable bonds is 7. The van der Waals surface area contributed by atoms with E-state index in [4.69, 9.17) is 0 Å². The lowest BCUT2D eigenvalue weighted by molar-refractivity contribution is -0.120. The average molecular weight is 364 g/mol. The van der Waals surface area contributed by atoms with Crippen LogP contribution in [0.25, 0.3) is 10.9 Å². The third kappa shape index (κ3) is 5.13. The highest BCUT2D eigenvalue weighted by molar-refractivity contribution is 5.83. The van der Waals surface area contributed by atoms with E-state index in [1.807, 2.05) is 18.3 Å². The summed E-state index contributed by atoms with van der Waals surface area (Å²) in [5, 5.41) is 7.55. The Labute approximate surface area is 161 Å². The van der Waals surface area contributed by atoms with Crippen molar-refractivity contribution in [2.75, 3.05) is 18.4 Å². The zero-order chi connectivity index (χ0) is 19.3. The molecule has 0 radical (unpaired) electrons. The van der Waals surface area contributed by atoms with Crippen molar-refractivity contribution < 1.29 is 4.79 Å². The molecule has 2 aromatic carbocycles. The molecule has 1 heterocycles. The van der Waals surface area contributed by atoms with Gasteiger partial charge >= 0.3 is 0 Å². The summed E-state index contributed by atoms with van der Waals surface area (Å²) in [5.74, 6) is 0.0775. The molecule has 3 rings (SSSR count). The monoisotopic (exact) mass is 363 g/mol. The molecule has 0 aliphatic rings. The van der Waals surface area contributed by atoms with Gasteiger partial charge in [-0.15, -0.1) is 0 Å². The lowest BCUT2D eigenvalue weighted by Crippen LogP contribution is -2.27. The van der Waals surface area contributed by atoms with E-state index in [0.29, 0.717) is 19.5 Å². The minimum atomic E-state index is 0.0775. The van der Waals surface area contributed by atoms with Crippen LogP contribution in [0.4, 0.5) is 5.69 Å². The molecule has 0 fully saturated rings. The van der Waals surface area contributed by atoms with E-state index in [1.165, 1.54) is 16.5 Å². The van der Waals surface area contributed by atoms with E-state index in [1.54, 1.807) is 0 Å². The second kappa shape index (κ2) is 8.30. The Morgan fingerprint density at radius 3 is 2.48 bits per heavy atom. The SMILES string of the molecule is CC(C)(C)c1ccc(NCCC(=O)NCCc2c[nH]c3ccccc23)cc1. The summed E-state index contributed by atoms with van der Waals surface area (Å²) in [6.07, 6.45) is 3.33. The Morgan fingerprint density at radius 1 is 1.00 bits per heavy atom. The van der Waals surface area contributed by atoms with Crippen LogP contribution in [-0.2, 0) is 16.6 Å². The number of H-pyrrole nitrogens is 1. The second-order valence-corrected chi connectivity index (χ2v) is 7.96. The number of anilines is 1. The molecule has 0 aliphatic carbocycles. The average Bonchev–Trinajstić information content (AvgIpc) is 3.05. The largest absolute Gasteiger partial charge is 0.385 e. The fourth-order valence-corrected chi connectivity index (χ4v) is 3.17. The topological polar surface area (TPSA) is 56.9 Å². The van der Waals surface area contributed by atoms with Crippen LogP contribution in [-0.4, -0.2) is 24.0 Å². The molecule has 0 saturated carbocycles. The van der Waals surface area contributed by atoms with Gasteiger partial charge in [-0.1, -0.05) is 51.1 Å². The van der Waals surface area contributed by atoms with E-state index in [-0.39, 0.29) is 11.3 Å².